The van der Waals surface area contributed by atoms with Crippen LogP contribution >= 0.6 is 22.9 Å². The molecule has 184 valence electrons. The second-order valence-electron chi connectivity index (χ2n) is 8.86. The van der Waals surface area contributed by atoms with E-state index in [1.165, 1.54) is 4.88 Å². The maximum absolute atomic E-state index is 13.6. The number of benzene rings is 2. The Morgan fingerprint density at radius 3 is 2.60 bits per heavy atom. The van der Waals surface area contributed by atoms with Crippen molar-refractivity contribution in [2.45, 2.75) is 45.2 Å². The Labute approximate surface area is 216 Å². The van der Waals surface area contributed by atoms with Gasteiger partial charge in [-0.05, 0) is 66.6 Å². The van der Waals surface area contributed by atoms with Crippen LogP contribution < -0.4 is 4.74 Å². The molecular formula is C28H31ClN2O3S. The summed E-state index contributed by atoms with van der Waals surface area (Å²) in [7, 11) is 0. The summed E-state index contributed by atoms with van der Waals surface area (Å²) in [6, 6.07) is 18.8. The molecule has 0 fully saturated rings. The first-order valence-electron chi connectivity index (χ1n) is 12.0. The zero-order chi connectivity index (χ0) is 24.8. The van der Waals surface area contributed by atoms with Crippen molar-refractivity contribution in [2.24, 2.45) is 0 Å². The molecule has 0 saturated carbocycles. The topological polar surface area (TPSA) is 49.9 Å². The van der Waals surface area contributed by atoms with Crippen LogP contribution in [-0.2, 0) is 22.4 Å². The minimum atomic E-state index is -0.198. The predicted molar refractivity (Wildman–Crippen MR) is 141 cm³/mol. The Morgan fingerprint density at radius 2 is 1.89 bits per heavy atom. The van der Waals surface area contributed by atoms with Gasteiger partial charge in [0.15, 0.2) is 0 Å². The second kappa shape index (κ2) is 11.7. The van der Waals surface area contributed by atoms with Crippen LogP contribution in [0.1, 0.15) is 42.3 Å². The number of carbonyl (C=O) groups is 2. The van der Waals surface area contributed by atoms with Crippen molar-refractivity contribution in [1.29, 1.82) is 0 Å². The molecule has 0 radical (unpaired) electrons. The zero-order valence-electron chi connectivity index (χ0n) is 20.2. The molecule has 4 rings (SSSR count). The number of hydrogen-bond donors (Lipinski definition) is 0. The first-order valence-corrected chi connectivity index (χ1v) is 13.3. The van der Waals surface area contributed by atoms with Gasteiger partial charge >= 0.3 is 0 Å². The summed E-state index contributed by atoms with van der Waals surface area (Å²) in [5, 5.41) is 2.72. The summed E-state index contributed by atoms with van der Waals surface area (Å²) in [6.45, 7) is 5.07. The van der Waals surface area contributed by atoms with Crippen molar-refractivity contribution in [3.05, 3.63) is 87.1 Å². The average molecular weight is 511 g/mol. The van der Waals surface area contributed by atoms with Gasteiger partial charge in [0.25, 0.3) is 0 Å². The summed E-state index contributed by atoms with van der Waals surface area (Å²) in [6.07, 6.45) is 1.89. The number of carbonyl (C=O) groups excluding carboxylic acids is 2. The molecule has 0 spiro atoms. The lowest BCUT2D eigenvalue weighted by atomic mass is 10.00. The Morgan fingerprint density at radius 1 is 1.14 bits per heavy atom. The molecule has 0 aliphatic carbocycles. The molecular weight excluding hydrogens is 480 g/mol. The first kappa shape index (κ1) is 25.3. The maximum Gasteiger partial charge on any atom is 0.242 e. The molecule has 0 bridgehead atoms. The molecule has 2 amide bonds. The number of ether oxygens (including phenoxy) is 1. The molecule has 2 atom stereocenters. The molecule has 35 heavy (non-hydrogen) atoms. The van der Waals surface area contributed by atoms with Crippen LogP contribution in [0.3, 0.4) is 0 Å². The highest BCUT2D eigenvalue weighted by atomic mass is 35.5. The third kappa shape index (κ3) is 6.24. The predicted octanol–water partition coefficient (Wildman–Crippen LogP) is 5.78. The average Bonchev–Trinajstić information content (AvgIpc) is 3.36. The van der Waals surface area contributed by atoms with E-state index in [2.05, 4.69) is 11.4 Å². The smallest absolute Gasteiger partial charge is 0.242 e. The lowest BCUT2D eigenvalue weighted by molar-refractivity contribution is -0.144. The fourth-order valence-electron chi connectivity index (χ4n) is 4.40. The van der Waals surface area contributed by atoms with Gasteiger partial charge < -0.3 is 14.5 Å². The lowest BCUT2D eigenvalue weighted by Gasteiger charge is -2.38. The lowest BCUT2D eigenvalue weighted by Crippen LogP contribution is -2.50. The van der Waals surface area contributed by atoms with Crippen molar-refractivity contribution in [3.63, 3.8) is 0 Å². The molecule has 1 aromatic heterocycles. The van der Waals surface area contributed by atoms with Gasteiger partial charge in [0.05, 0.1) is 12.5 Å². The third-order valence-corrected chi connectivity index (χ3v) is 7.83. The first-order chi connectivity index (χ1) is 17.0. The van der Waals surface area contributed by atoms with Gasteiger partial charge in [0.1, 0.15) is 18.9 Å². The Bertz CT molecular complexity index is 1130. The zero-order valence-corrected chi connectivity index (χ0v) is 21.7. The van der Waals surface area contributed by atoms with Crippen molar-refractivity contribution in [1.82, 2.24) is 9.80 Å². The molecule has 0 unspecified atom stereocenters. The third-order valence-electron chi connectivity index (χ3n) is 6.58. The highest BCUT2D eigenvalue weighted by molar-refractivity contribution is 7.10. The van der Waals surface area contributed by atoms with Crippen molar-refractivity contribution >= 4 is 34.8 Å². The van der Waals surface area contributed by atoms with Crippen LogP contribution in [0.5, 0.6) is 5.75 Å². The van der Waals surface area contributed by atoms with E-state index in [0.717, 1.165) is 24.0 Å². The molecule has 1 aliphatic rings. The van der Waals surface area contributed by atoms with E-state index in [-0.39, 0.29) is 36.9 Å². The van der Waals surface area contributed by atoms with E-state index >= 15 is 0 Å². The molecule has 5 nitrogen and oxygen atoms in total. The fourth-order valence-corrected chi connectivity index (χ4v) is 5.45. The number of halogens is 1. The number of nitrogens with zero attached hydrogens (tertiary/aromatic N) is 2. The van der Waals surface area contributed by atoms with Crippen LogP contribution in [0.4, 0.5) is 0 Å². The molecule has 3 aromatic rings. The quantitative estimate of drug-likeness (QED) is 0.367. The van der Waals surface area contributed by atoms with E-state index in [9.17, 15) is 9.59 Å². The Balaban J connectivity index is 1.50. The number of fused-ring (bicyclic) bond motifs is 1. The van der Waals surface area contributed by atoms with Gasteiger partial charge in [-0.2, -0.15) is 0 Å². The van der Waals surface area contributed by atoms with Crippen molar-refractivity contribution in [2.75, 3.05) is 19.7 Å². The number of hydrogen-bond acceptors (Lipinski definition) is 4. The maximum atomic E-state index is 13.6. The molecule has 0 saturated heterocycles. The molecule has 0 N–H and O–H groups in total. The van der Waals surface area contributed by atoms with Crippen LogP contribution in [0.15, 0.2) is 66.0 Å². The summed E-state index contributed by atoms with van der Waals surface area (Å²) in [4.78, 5) is 31.8. The van der Waals surface area contributed by atoms with Crippen molar-refractivity contribution in [3.8, 4) is 5.75 Å². The van der Waals surface area contributed by atoms with Gasteiger partial charge in [-0.3, -0.25) is 9.59 Å². The highest BCUT2D eigenvalue weighted by Gasteiger charge is 2.34. The Kier molecular flexibility index (Phi) is 8.47. The molecule has 7 heteroatoms. The van der Waals surface area contributed by atoms with Gasteiger partial charge in [-0.15, -0.1) is 11.3 Å². The van der Waals surface area contributed by atoms with Gasteiger partial charge in [-0.25, -0.2) is 0 Å². The second-order valence-corrected chi connectivity index (χ2v) is 10.3. The normalized spacial score (nSPS) is 15.9. The van der Waals surface area contributed by atoms with Crippen LogP contribution in [0.2, 0.25) is 5.02 Å². The molecule has 2 heterocycles. The summed E-state index contributed by atoms with van der Waals surface area (Å²) >= 11 is 7.72. The van der Waals surface area contributed by atoms with Gasteiger partial charge in [0.2, 0.25) is 11.8 Å². The highest BCUT2D eigenvalue weighted by Crippen LogP contribution is 2.34. The van der Waals surface area contributed by atoms with Crippen LogP contribution in [0, 0.1) is 0 Å². The van der Waals surface area contributed by atoms with Gasteiger partial charge in [0, 0.05) is 22.5 Å². The summed E-state index contributed by atoms with van der Waals surface area (Å²) < 4.78 is 6.08. The fraction of sp³-hybridized carbons (Fsp3) is 0.357. The minimum absolute atomic E-state index is 0.0268. The molecule has 1 aliphatic heterocycles. The van der Waals surface area contributed by atoms with E-state index in [1.54, 1.807) is 28.4 Å². The summed E-state index contributed by atoms with van der Waals surface area (Å²) in [5.41, 5.74) is 2.09. The van der Waals surface area contributed by atoms with Crippen LogP contribution in [0.25, 0.3) is 0 Å². The van der Waals surface area contributed by atoms with Gasteiger partial charge in [-0.1, -0.05) is 48.9 Å². The Hall–Kier alpha value is -2.83. The van der Waals surface area contributed by atoms with Crippen molar-refractivity contribution < 1.29 is 14.3 Å². The van der Waals surface area contributed by atoms with E-state index < -0.39 is 0 Å². The number of amides is 2. The van der Waals surface area contributed by atoms with E-state index in [4.69, 9.17) is 16.3 Å². The number of rotatable bonds is 9. The monoisotopic (exact) mass is 510 g/mol. The van der Waals surface area contributed by atoms with E-state index in [0.29, 0.717) is 23.9 Å². The van der Waals surface area contributed by atoms with Crippen LogP contribution in [-0.4, -0.2) is 47.4 Å². The standard InChI is InChI=1S/C28H31ClN2O3S/c1-3-20(2)31(27(32)17-21-7-5-4-6-8-21)18-28(33)30-15-13-26-24(14-16-35-26)25(30)19-34-23-11-9-22(29)10-12-23/h4-12,14,16,20,25H,3,13,15,17-19H2,1-2H3/t20-,25+/m1/s1. The number of thiophene rings is 1. The minimum Gasteiger partial charge on any atom is -0.491 e. The largest absolute Gasteiger partial charge is 0.491 e. The summed E-state index contributed by atoms with van der Waals surface area (Å²) in [5.74, 6) is 0.637. The van der Waals surface area contributed by atoms with E-state index in [1.807, 2.05) is 61.2 Å². The SMILES string of the molecule is CC[C@@H](C)N(CC(=O)N1CCc2sccc2[C@@H]1COc1ccc(Cl)cc1)C(=O)Cc1ccccc1. The molecule has 2 aromatic carbocycles.